The Morgan fingerprint density at radius 1 is 1.20 bits per heavy atom. The average Bonchev–Trinajstić information content (AvgIpc) is 2.45. The van der Waals surface area contributed by atoms with Crippen LogP contribution in [-0.4, -0.2) is 13.0 Å². The Morgan fingerprint density at radius 3 is 2.70 bits per heavy atom. The monoisotopic (exact) mass is 288 g/mol. The number of hydrogen-bond donors (Lipinski definition) is 2. The number of carbonyl (C=O) groups excluding carboxylic acids is 1. The van der Waals surface area contributed by atoms with Crippen LogP contribution in [0.4, 0.5) is 5.69 Å². The Kier molecular flexibility index (Phi) is 4.64. The minimum Gasteiger partial charge on any atom is -0.381 e. The van der Waals surface area contributed by atoms with E-state index in [0.29, 0.717) is 12.1 Å². The minimum atomic E-state index is -0.0872. The van der Waals surface area contributed by atoms with E-state index in [0.717, 1.165) is 21.8 Å². The van der Waals surface area contributed by atoms with Crippen molar-refractivity contribution >= 4 is 23.2 Å². The summed E-state index contributed by atoms with van der Waals surface area (Å²) in [5.41, 5.74) is 3.79. The molecule has 1 amide bonds. The second-order valence-electron chi connectivity index (χ2n) is 4.59. The molecule has 0 spiro atoms. The maximum Gasteiger partial charge on any atom is 0.251 e. The zero-order valence-corrected chi connectivity index (χ0v) is 12.3. The van der Waals surface area contributed by atoms with E-state index in [1.54, 1.807) is 7.05 Å². The first kappa shape index (κ1) is 14.4. The van der Waals surface area contributed by atoms with Crippen molar-refractivity contribution in [1.82, 2.24) is 5.32 Å². The van der Waals surface area contributed by atoms with E-state index >= 15 is 0 Å². The largest absolute Gasteiger partial charge is 0.381 e. The van der Waals surface area contributed by atoms with Crippen LogP contribution in [0.1, 0.15) is 21.5 Å². The third-order valence-corrected chi connectivity index (χ3v) is 3.33. The van der Waals surface area contributed by atoms with E-state index in [2.05, 4.69) is 10.6 Å². The van der Waals surface area contributed by atoms with Gasteiger partial charge in [-0.05, 0) is 42.3 Å². The van der Waals surface area contributed by atoms with Crippen LogP contribution in [0.2, 0.25) is 5.02 Å². The van der Waals surface area contributed by atoms with Crippen LogP contribution in [0.25, 0.3) is 0 Å². The molecular formula is C16H17ClN2O. The predicted molar refractivity (Wildman–Crippen MR) is 83.3 cm³/mol. The first-order chi connectivity index (χ1) is 9.60. The van der Waals surface area contributed by atoms with E-state index in [-0.39, 0.29) is 5.91 Å². The van der Waals surface area contributed by atoms with Gasteiger partial charge in [0.05, 0.1) is 0 Å². The van der Waals surface area contributed by atoms with Gasteiger partial charge in [-0.15, -0.1) is 0 Å². The highest BCUT2D eigenvalue weighted by atomic mass is 35.5. The van der Waals surface area contributed by atoms with Gasteiger partial charge in [0, 0.05) is 29.9 Å². The number of rotatable bonds is 4. The molecule has 0 unspecified atom stereocenters. The van der Waals surface area contributed by atoms with Crippen molar-refractivity contribution in [3.05, 3.63) is 64.2 Å². The SMILES string of the molecule is CNC(=O)c1ccc(C)c(NCc2cccc(Cl)c2)c1. The Hall–Kier alpha value is -2.00. The number of anilines is 1. The number of benzene rings is 2. The van der Waals surface area contributed by atoms with Crippen LogP contribution >= 0.6 is 11.6 Å². The van der Waals surface area contributed by atoms with Crippen LogP contribution in [0.15, 0.2) is 42.5 Å². The number of carbonyl (C=O) groups is 1. The molecule has 0 aromatic heterocycles. The van der Waals surface area contributed by atoms with E-state index in [1.807, 2.05) is 49.4 Å². The molecule has 0 aliphatic heterocycles. The molecule has 0 aliphatic rings. The predicted octanol–water partition coefficient (Wildman–Crippen LogP) is 3.62. The number of amides is 1. The molecule has 2 aromatic rings. The molecule has 2 N–H and O–H groups in total. The maximum absolute atomic E-state index is 11.6. The lowest BCUT2D eigenvalue weighted by Gasteiger charge is -2.11. The van der Waals surface area contributed by atoms with Crippen molar-refractivity contribution < 1.29 is 4.79 Å². The minimum absolute atomic E-state index is 0.0872. The summed E-state index contributed by atoms with van der Waals surface area (Å²) in [5, 5.41) is 6.68. The lowest BCUT2D eigenvalue weighted by Crippen LogP contribution is -2.18. The molecule has 2 aromatic carbocycles. The second kappa shape index (κ2) is 6.44. The van der Waals surface area contributed by atoms with Crippen molar-refractivity contribution in [3.8, 4) is 0 Å². The highest BCUT2D eigenvalue weighted by molar-refractivity contribution is 6.30. The normalized spacial score (nSPS) is 10.2. The molecule has 0 fully saturated rings. The fourth-order valence-electron chi connectivity index (χ4n) is 1.94. The van der Waals surface area contributed by atoms with Gasteiger partial charge in [0.25, 0.3) is 5.91 Å². The summed E-state index contributed by atoms with van der Waals surface area (Å²) in [4.78, 5) is 11.6. The van der Waals surface area contributed by atoms with Gasteiger partial charge < -0.3 is 10.6 Å². The molecule has 2 rings (SSSR count). The summed E-state index contributed by atoms with van der Waals surface area (Å²) in [5.74, 6) is -0.0872. The number of halogens is 1. The summed E-state index contributed by atoms with van der Waals surface area (Å²) < 4.78 is 0. The van der Waals surface area contributed by atoms with Crippen molar-refractivity contribution in [2.75, 3.05) is 12.4 Å². The first-order valence-electron chi connectivity index (χ1n) is 6.41. The van der Waals surface area contributed by atoms with E-state index in [9.17, 15) is 4.79 Å². The Labute approximate surface area is 124 Å². The van der Waals surface area contributed by atoms with Crippen LogP contribution in [-0.2, 0) is 6.54 Å². The summed E-state index contributed by atoms with van der Waals surface area (Å²) >= 11 is 5.96. The lowest BCUT2D eigenvalue weighted by atomic mass is 10.1. The Morgan fingerprint density at radius 2 is 2.00 bits per heavy atom. The van der Waals surface area contributed by atoms with Crippen LogP contribution < -0.4 is 10.6 Å². The van der Waals surface area contributed by atoms with Gasteiger partial charge in [0.15, 0.2) is 0 Å². The van der Waals surface area contributed by atoms with Gasteiger partial charge in [0.2, 0.25) is 0 Å². The molecule has 0 saturated carbocycles. The van der Waals surface area contributed by atoms with Crippen molar-refractivity contribution in [1.29, 1.82) is 0 Å². The van der Waals surface area contributed by atoms with Crippen LogP contribution in [0.3, 0.4) is 0 Å². The summed E-state index contributed by atoms with van der Waals surface area (Å²) in [6, 6.07) is 13.3. The lowest BCUT2D eigenvalue weighted by molar-refractivity contribution is 0.0963. The van der Waals surface area contributed by atoms with Gasteiger partial charge in [0.1, 0.15) is 0 Å². The number of nitrogens with one attached hydrogen (secondary N) is 2. The zero-order chi connectivity index (χ0) is 14.5. The summed E-state index contributed by atoms with van der Waals surface area (Å²) in [6.45, 7) is 2.67. The molecule has 0 radical (unpaired) electrons. The fraction of sp³-hybridized carbons (Fsp3) is 0.188. The Balaban J connectivity index is 2.14. The van der Waals surface area contributed by atoms with E-state index in [1.165, 1.54) is 0 Å². The molecule has 104 valence electrons. The van der Waals surface area contributed by atoms with Crippen molar-refractivity contribution in [2.45, 2.75) is 13.5 Å². The average molecular weight is 289 g/mol. The molecule has 0 aliphatic carbocycles. The maximum atomic E-state index is 11.6. The molecule has 0 saturated heterocycles. The van der Waals surface area contributed by atoms with E-state index < -0.39 is 0 Å². The van der Waals surface area contributed by atoms with Gasteiger partial charge >= 0.3 is 0 Å². The van der Waals surface area contributed by atoms with E-state index in [4.69, 9.17) is 11.6 Å². The topological polar surface area (TPSA) is 41.1 Å². The molecule has 20 heavy (non-hydrogen) atoms. The molecule has 0 bridgehead atoms. The molecule has 3 nitrogen and oxygen atoms in total. The highest BCUT2D eigenvalue weighted by Gasteiger charge is 2.06. The summed E-state index contributed by atoms with van der Waals surface area (Å²) in [7, 11) is 1.63. The third-order valence-electron chi connectivity index (χ3n) is 3.10. The van der Waals surface area contributed by atoms with Gasteiger partial charge in [-0.2, -0.15) is 0 Å². The quantitative estimate of drug-likeness (QED) is 0.902. The van der Waals surface area contributed by atoms with Crippen LogP contribution in [0.5, 0.6) is 0 Å². The third kappa shape index (κ3) is 3.52. The fourth-order valence-corrected chi connectivity index (χ4v) is 2.16. The van der Waals surface area contributed by atoms with Gasteiger partial charge in [-0.25, -0.2) is 0 Å². The number of hydrogen-bond acceptors (Lipinski definition) is 2. The molecule has 4 heteroatoms. The number of aryl methyl sites for hydroxylation is 1. The van der Waals surface area contributed by atoms with Crippen molar-refractivity contribution in [2.24, 2.45) is 0 Å². The van der Waals surface area contributed by atoms with Crippen molar-refractivity contribution in [3.63, 3.8) is 0 Å². The smallest absolute Gasteiger partial charge is 0.251 e. The standard InChI is InChI=1S/C16H17ClN2O/c1-11-6-7-13(16(20)18-2)9-15(11)19-10-12-4-3-5-14(17)8-12/h3-9,19H,10H2,1-2H3,(H,18,20). The molecular weight excluding hydrogens is 272 g/mol. The Bertz CT molecular complexity index is 626. The van der Waals surface area contributed by atoms with Gasteiger partial charge in [-0.1, -0.05) is 29.8 Å². The highest BCUT2D eigenvalue weighted by Crippen LogP contribution is 2.19. The molecule has 0 atom stereocenters. The van der Waals surface area contributed by atoms with Gasteiger partial charge in [-0.3, -0.25) is 4.79 Å². The summed E-state index contributed by atoms with van der Waals surface area (Å²) in [6.07, 6.45) is 0. The zero-order valence-electron chi connectivity index (χ0n) is 11.5. The van der Waals surface area contributed by atoms with Crippen LogP contribution in [0, 0.1) is 6.92 Å². The first-order valence-corrected chi connectivity index (χ1v) is 6.79. The molecule has 0 heterocycles. The second-order valence-corrected chi connectivity index (χ2v) is 5.03.